The van der Waals surface area contributed by atoms with Crippen molar-refractivity contribution in [2.45, 2.75) is 20.3 Å². The summed E-state index contributed by atoms with van der Waals surface area (Å²) < 4.78 is 0. The maximum absolute atomic E-state index is 12.7. The largest absolute Gasteiger partial charge is 0.368 e. The maximum Gasteiger partial charge on any atom is 0.258 e. The summed E-state index contributed by atoms with van der Waals surface area (Å²) in [6, 6.07) is 8.27. The van der Waals surface area contributed by atoms with Crippen LogP contribution in [0.2, 0.25) is 0 Å². The van der Waals surface area contributed by atoms with Gasteiger partial charge in [0.2, 0.25) is 5.91 Å². The number of anilines is 2. The van der Waals surface area contributed by atoms with Gasteiger partial charge in [0.1, 0.15) is 0 Å². The molecule has 4 rings (SSSR count). The van der Waals surface area contributed by atoms with Gasteiger partial charge in [0.25, 0.3) is 5.91 Å². The van der Waals surface area contributed by atoms with Gasteiger partial charge in [-0.25, -0.2) is 4.98 Å². The average Bonchev–Trinajstić information content (AvgIpc) is 3.42. The minimum absolute atomic E-state index is 0.0802. The van der Waals surface area contributed by atoms with Crippen LogP contribution >= 0.6 is 22.7 Å². The molecule has 30 heavy (non-hydrogen) atoms. The minimum Gasteiger partial charge on any atom is -0.368 e. The fourth-order valence-electron chi connectivity index (χ4n) is 3.53. The second-order valence-electron chi connectivity index (χ2n) is 7.44. The Morgan fingerprint density at radius 1 is 1.10 bits per heavy atom. The fraction of sp³-hybridized carbons (Fsp3) is 0.318. The Kier molecular flexibility index (Phi) is 6.15. The third-order valence-corrected chi connectivity index (χ3v) is 6.72. The number of hydrogen-bond acceptors (Lipinski definition) is 6. The summed E-state index contributed by atoms with van der Waals surface area (Å²) in [4.78, 5) is 33.5. The van der Waals surface area contributed by atoms with Crippen molar-refractivity contribution in [3.63, 3.8) is 0 Å². The van der Waals surface area contributed by atoms with Crippen molar-refractivity contribution in [1.29, 1.82) is 0 Å². The van der Waals surface area contributed by atoms with E-state index >= 15 is 0 Å². The number of nitrogens with zero attached hydrogens (tertiary/aromatic N) is 3. The number of benzene rings is 1. The molecular formula is C22H24N4O2S2. The third kappa shape index (κ3) is 4.71. The number of rotatable bonds is 5. The molecule has 3 heterocycles. The van der Waals surface area contributed by atoms with E-state index < -0.39 is 0 Å². The minimum atomic E-state index is -0.175. The molecule has 6 nitrogen and oxygen atoms in total. The molecule has 0 spiro atoms. The SMILES string of the molecule is Cc1ccc(C)c(N2CCN(C(=O)Cc3csc(NC(=O)c4ccsc4)n3)CC2)c1. The van der Waals surface area contributed by atoms with E-state index in [4.69, 9.17) is 0 Å². The summed E-state index contributed by atoms with van der Waals surface area (Å²) in [6.07, 6.45) is 0.258. The summed E-state index contributed by atoms with van der Waals surface area (Å²) in [5.74, 6) is -0.0948. The van der Waals surface area contributed by atoms with Crippen molar-refractivity contribution in [3.05, 3.63) is 62.8 Å². The molecule has 0 unspecified atom stereocenters. The summed E-state index contributed by atoms with van der Waals surface area (Å²) in [6.45, 7) is 7.30. The molecule has 0 aliphatic carbocycles. The molecule has 1 aliphatic heterocycles. The quantitative estimate of drug-likeness (QED) is 0.652. The van der Waals surface area contributed by atoms with E-state index in [0.29, 0.717) is 29.5 Å². The first-order valence-electron chi connectivity index (χ1n) is 9.87. The van der Waals surface area contributed by atoms with Crippen molar-refractivity contribution in [2.75, 3.05) is 36.4 Å². The van der Waals surface area contributed by atoms with Crippen LogP contribution in [0.15, 0.2) is 40.4 Å². The van der Waals surface area contributed by atoms with E-state index in [1.807, 2.05) is 15.7 Å². The summed E-state index contributed by atoms with van der Waals surface area (Å²) in [5, 5.41) is 8.82. The number of nitrogens with one attached hydrogen (secondary N) is 1. The van der Waals surface area contributed by atoms with Crippen LogP contribution in [0.5, 0.6) is 0 Å². The van der Waals surface area contributed by atoms with Gasteiger partial charge in [-0.15, -0.1) is 11.3 Å². The van der Waals surface area contributed by atoms with Crippen molar-refractivity contribution >= 4 is 45.3 Å². The van der Waals surface area contributed by atoms with Crippen molar-refractivity contribution in [1.82, 2.24) is 9.88 Å². The van der Waals surface area contributed by atoms with Crippen molar-refractivity contribution < 1.29 is 9.59 Å². The summed E-state index contributed by atoms with van der Waals surface area (Å²) in [7, 11) is 0. The zero-order valence-corrected chi connectivity index (χ0v) is 18.7. The number of carbonyl (C=O) groups is 2. The molecular weight excluding hydrogens is 416 g/mol. The van der Waals surface area contributed by atoms with E-state index in [9.17, 15) is 9.59 Å². The number of aromatic nitrogens is 1. The molecule has 8 heteroatoms. The number of thiophene rings is 1. The Balaban J connectivity index is 1.30. The van der Waals surface area contributed by atoms with Gasteiger partial charge in [-0.2, -0.15) is 11.3 Å². The molecule has 156 valence electrons. The highest BCUT2D eigenvalue weighted by atomic mass is 32.1. The Bertz CT molecular complexity index is 1040. The van der Waals surface area contributed by atoms with Gasteiger partial charge in [0.15, 0.2) is 5.13 Å². The lowest BCUT2D eigenvalue weighted by atomic mass is 10.1. The lowest BCUT2D eigenvalue weighted by Crippen LogP contribution is -2.49. The van der Waals surface area contributed by atoms with Crippen LogP contribution in [0.4, 0.5) is 10.8 Å². The second kappa shape index (κ2) is 8.97. The predicted molar refractivity (Wildman–Crippen MR) is 123 cm³/mol. The first-order chi connectivity index (χ1) is 14.5. The van der Waals surface area contributed by atoms with E-state index in [1.165, 1.54) is 39.5 Å². The fourth-order valence-corrected chi connectivity index (χ4v) is 4.87. The standard InChI is InChI=1S/C22H24N4O2S2/c1-15-3-4-16(2)19(11-15)25-6-8-26(9-7-25)20(27)12-18-14-30-22(23-18)24-21(28)17-5-10-29-13-17/h3-5,10-11,13-14H,6-9,12H2,1-2H3,(H,23,24,28). The summed E-state index contributed by atoms with van der Waals surface area (Å²) in [5.41, 5.74) is 5.09. The van der Waals surface area contributed by atoms with Crippen LogP contribution in [0, 0.1) is 13.8 Å². The van der Waals surface area contributed by atoms with Crippen LogP contribution in [0.25, 0.3) is 0 Å². The van der Waals surface area contributed by atoms with Crippen LogP contribution < -0.4 is 10.2 Å². The Hall–Kier alpha value is -2.71. The van der Waals surface area contributed by atoms with Crippen LogP contribution in [-0.2, 0) is 11.2 Å². The van der Waals surface area contributed by atoms with Gasteiger partial charge in [0, 0.05) is 42.6 Å². The lowest BCUT2D eigenvalue weighted by molar-refractivity contribution is -0.130. The molecule has 1 aliphatic rings. The number of aryl methyl sites for hydroxylation is 2. The smallest absolute Gasteiger partial charge is 0.258 e. The van der Waals surface area contributed by atoms with E-state index in [1.54, 1.807) is 11.4 Å². The van der Waals surface area contributed by atoms with Gasteiger partial charge in [-0.1, -0.05) is 12.1 Å². The zero-order chi connectivity index (χ0) is 21.1. The molecule has 0 bridgehead atoms. The topological polar surface area (TPSA) is 65.5 Å². The number of hydrogen-bond donors (Lipinski definition) is 1. The molecule has 1 N–H and O–H groups in total. The van der Waals surface area contributed by atoms with Gasteiger partial charge < -0.3 is 9.80 Å². The first-order valence-corrected chi connectivity index (χ1v) is 11.7. The normalized spacial score (nSPS) is 14.1. The number of amides is 2. The molecule has 2 aromatic heterocycles. The molecule has 1 fully saturated rings. The monoisotopic (exact) mass is 440 g/mol. The Labute approximate surface area is 184 Å². The highest BCUT2D eigenvalue weighted by Crippen LogP contribution is 2.23. The molecule has 1 aromatic carbocycles. The number of piperazine rings is 1. The van der Waals surface area contributed by atoms with E-state index in [-0.39, 0.29) is 18.2 Å². The highest BCUT2D eigenvalue weighted by Gasteiger charge is 2.23. The first kappa shape index (κ1) is 20.6. The molecule has 2 amide bonds. The predicted octanol–water partition coefficient (Wildman–Crippen LogP) is 3.97. The Morgan fingerprint density at radius 3 is 2.63 bits per heavy atom. The van der Waals surface area contributed by atoms with Crippen LogP contribution in [-0.4, -0.2) is 47.9 Å². The van der Waals surface area contributed by atoms with Crippen molar-refractivity contribution in [3.8, 4) is 0 Å². The summed E-state index contributed by atoms with van der Waals surface area (Å²) >= 11 is 2.82. The van der Waals surface area contributed by atoms with Gasteiger partial charge in [-0.05, 0) is 42.5 Å². The zero-order valence-electron chi connectivity index (χ0n) is 17.1. The average molecular weight is 441 g/mol. The molecule has 3 aromatic rings. The maximum atomic E-state index is 12.7. The van der Waals surface area contributed by atoms with Gasteiger partial charge in [0.05, 0.1) is 17.7 Å². The highest BCUT2D eigenvalue weighted by molar-refractivity contribution is 7.14. The van der Waals surface area contributed by atoms with Gasteiger partial charge in [-0.3, -0.25) is 14.9 Å². The van der Waals surface area contributed by atoms with Crippen molar-refractivity contribution in [2.24, 2.45) is 0 Å². The molecule has 0 radical (unpaired) electrons. The molecule has 0 atom stereocenters. The molecule has 0 saturated carbocycles. The lowest BCUT2D eigenvalue weighted by Gasteiger charge is -2.37. The molecule has 1 saturated heterocycles. The van der Waals surface area contributed by atoms with Crippen LogP contribution in [0.3, 0.4) is 0 Å². The van der Waals surface area contributed by atoms with E-state index in [0.717, 1.165) is 13.1 Å². The van der Waals surface area contributed by atoms with Gasteiger partial charge >= 0.3 is 0 Å². The van der Waals surface area contributed by atoms with Crippen LogP contribution in [0.1, 0.15) is 27.2 Å². The Morgan fingerprint density at radius 2 is 1.90 bits per heavy atom. The number of carbonyl (C=O) groups excluding carboxylic acids is 2. The second-order valence-corrected chi connectivity index (χ2v) is 9.08. The number of thiazole rings is 1. The van der Waals surface area contributed by atoms with E-state index in [2.05, 4.69) is 47.2 Å². The third-order valence-electron chi connectivity index (χ3n) is 5.23.